The Balaban J connectivity index is 1.61. The molecule has 4 aromatic rings. The predicted octanol–water partition coefficient (Wildman–Crippen LogP) is 6.00. The van der Waals surface area contributed by atoms with Crippen molar-refractivity contribution in [3.63, 3.8) is 0 Å². The number of methoxy groups -OCH3 is 2. The van der Waals surface area contributed by atoms with E-state index >= 15 is 0 Å². The molecule has 1 aliphatic heterocycles. The van der Waals surface area contributed by atoms with E-state index in [-0.39, 0.29) is 17.1 Å². The summed E-state index contributed by atoms with van der Waals surface area (Å²) in [5.74, 6) is 1.77. The first-order chi connectivity index (χ1) is 18.9. The summed E-state index contributed by atoms with van der Waals surface area (Å²) in [7, 11) is 3.19. The van der Waals surface area contributed by atoms with Gasteiger partial charge in [0.15, 0.2) is 16.9 Å². The van der Waals surface area contributed by atoms with Gasteiger partial charge in [-0.15, -0.1) is 0 Å². The minimum atomic E-state index is -0.598. The number of hydrogen-bond donors (Lipinski definition) is 0. The fourth-order valence-corrected chi connectivity index (χ4v) is 5.37. The maximum atomic E-state index is 14.0. The number of fused-ring (bicyclic) bond motifs is 2. The normalized spacial score (nSPS) is 14.5. The van der Waals surface area contributed by atoms with E-state index in [1.165, 1.54) is 0 Å². The van der Waals surface area contributed by atoms with Gasteiger partial charge < -0.3 is 23.5 Å². The summed E-state index contributed by atoms with van der Waals surface area (Å²) in [5, 5.41) is 0.511. The second kappa shape index (κ2) is 10.8. The van der Waals surface area contributed by atoms with Gasteiger partial charge in [-0.2, -0.15) is 0 Å². The fourth-order valence-electron chi connectivity index (χ4n) is 5.37. The quantitative estimate of drug-likeness (QED) is 0.266. The summed E-state index contributed by atoms with van der Waals surface area (Å²) in [5.41, 5.74) is 4.22. The molecule has 202 valence electrons. The first kappa shape index (κ1) is 26.4. The third-order valence-electron chi connectivity index (χ3n) is 7.15. The summed E-state index contributed by atoms with van der Waals surface area (Å²) in [6.45, 7) is 6.85. The molecule has 0 bridgehead atoms. The van der Waals surface area contributed by atoms with Gasteiger partial charge in [-0.25, -0.2) is 0 Å². The zero-order valence-corrected chi connectivity index (χ0v) is 23.0. The van der Waals surface area contributed by atoms with Crippen molar-refractivity contribution < 1.29 is 23.4 Å². The maximum absolute atomic E-state index is 14.0. The van der Waals surface area contributed by atoms with Crippen LogP contribution in [-0.2, 0) is 6.42 Å². The van der Waals surface area contributed by atoms with Crippen molar-refractivity contribution in [2.75, 3.05) is 27.4 Å². The van der Waals surface area contributed by atoms with Gasteiger partial charge in [-0.1, -0.05) is 31.2 Å². The van der Waals surface area contributed by atoms with Gasteiger partial charge >= 0.3 is 0 Å². The number of nitrogens with zero attached hydrogens (tertiary/aromatic N) is 1. The Morgan fingerprint density at radius 2 is 1.74 bits per heavy atom. The molecule has 0 fully saturated rings. The van der Waals surface area contributed by atoms with Crippen LogP contribution < -0.4 is 19.6 Å². The van der Waals surface area contributed by atoms with Crippen LogP contribution in [0.3, 0.4) is 0 Å². The van der Waals surface area contributed by atoms with Gasteiger partial charge in [0.2, 0.25) is 5.76 Å². The van der Waals surface area contributed by atoms with Gasteiger partial charge in [0, 0.05) is 6.54 Å². The van der Waals surface area contributed by atoms with Gasteiger partial charge in [0.1, 0.15) is 11.3 Å². The molecule has 2 heterocycles. The van der Waals surface area contributed by atoms with Crippen LogP contribution in [0.5, 0.6) is 17.2 Å². The third-order valence-corrected chi connectivity index (χ3v) is 7.15. The molecular formula is C32H33NO6. The van der Waals surface area contributed by atoms with Crippen LogP contribution in [0.1, 0.15) is 57.8 Å². The Bertz CT molecular complexity index is 1600. The minimum absolute atomic E-state index is 0.106. The third kappa shape index (κ3) is 4.85. The molecule has 1 unspecified atom stereocenters. The molecule has 1 amide bonds. The summed E-state index contributed by atoms with van der Waals surface area (Å²) in [6, 6.07) is 16.5. The number of aryl methyl sites for hydroxylation is 2. The van der Waals surface area contributed by atoms with Crippen LogP contribution in [0.4, 0.5) is 0 Å². The van der Waals surface area contributed by atoms with Crippen molar-refractivity contribution in [1.29, 1.82) is 0 Å². The Morgan fingerprint density at radius 3 is 2.49 bits per heavy atom. The number of ether oxygens (including phenoxy) is 3. The number of benzene rings is 3. The average Bonchev–Trinajstić information content (AvgIpc) is 3.21. The molecule has 39 heavy (non-hydrogen) atoms. The summed E-state index contributed by atoms with van der Waals surface area (Å²) in [4.78, 5) is 29.6. The van der Waals surface area contributed by atoms with Gasteiger partial charge in [0.25, 0.3) is 5.91 Å². The number of carbonyl (C=O) groups is 1. The van der Waals surface area contributed by atoms with Crippen LogP contribution in [-0.4, -0.2) is 38.2 Å². The smallest absolute Gasteiger partial charge is 0.290 e. The number of hydrogen-bond acceptors (Lipinski definition) is 6. The van der Waals surface area contributed by atoms with E-state index in [0.717, 1.165) is 28.7 Å². The molecular weight excluding hydrogens is 494 g/mol. The second-order valence-corrected chi connectivity index (χ2v) is 9.89. The van der Waals surface area contributed by atoms with E-state index < -0.39 is 6.04 Å². The topological polar surface area (TPSA) is 78.2 Å². The standard InChI is InChI=1S/C32H33NO6/c1-6-14-38-23-9-7-8-22(18-23)29-28-30(34)27-20(3)15-19(2)16-26(27)39-31(28)32(35)33(29)13-12-21-10-11-24(36-4)25(17-21)37-5/h7-11,15-18,29H,6,12-14H2,1-5H3. The molecule has 5 rings (SSSR count). The Kier molecular flexibility index (Phi) is 7.33. The summed E-state index contributed by atoms with van der Waals surface area (Å²) >= 11 is 0. The van der Waals surface area contributed by atoms with Gasteiger partial charge in [-0.05, 0) is 79.3 Å². The van der Waals surface area contributed by atoms with Crippen molar-refractivity contribution in [2.24, 2.45) is 0 Å². The van der Waals surface area contributed by atoms with Gasteiger partial charge in [0.05, 0.1) is 37.8 Å². The first-order valence-corrected chi connectivity index (χ1v) is 13.2. The number of amides is 1. The van der Waals surface area contributed by atoms with E-state index in [2.05, 4.69) is 0 Å². The highest BCUT2D eigenvalue weighted by molar-refractivity contribution is 5.99. The monoisotopic (exact) mass is 527 g/mol. The first-order valence-electron chi connectivity index (χ1n) is 13.2. The van der Waals surface area contributed by atoms with Crippen molar-refractivity contribution in [3.05, 3.63) is 98.4 Å². The molecule has 0 spiro atoms. The molecule has 1 aliphatic rings. The highest BCUT2D eigenvalue weighted by Crippen LogP contribution is 2.40. The van der Waals surface area contributed by atoms with Crippen molar-refractivity contribution in [1.82, 2.24) is 4.90 Å². The van der Waals surface area contributed by atoms with Crippen LogP contribution in [0.2, 0.25) is 0 Å². The molecule has 0 N–H and O–H groups in total. The van der Waals surface area contributed by atoms with E-state index in [4.69, 9.17) is 18.6 Å². The SMILES string of the molecule is CCCOc1cccc(C2c3c(oc4cc(C)cc(C)c4c3=O)C(=O)N2CCc2ccc(OC)c(OC)c2)c1. The molecule has 1 atom stereocenters. The molecule has 7 nitrogen and oxygen atoms in total. The van der Waals surface area contributed by atoms with Crippen molar-refractivity contribution in [3.8, 4) is 17.2 Å². The molecule has 0 aliphatic carbocycles. The fraction of sp³-hybridized carbons (Fsp3) is 0.312. The lowest BCUT2D eigenvalue weighted by Gasteiger charge is -2.25. The van der Waals surface area contributed by atoms with E-state index in [1.54, 1.807) is 19.1 Å². The van der Waals surface area contributed by atoms with Gasteiger partial charge in [-0.3, -0.25) is 9.59 Å². The van der Waals surface area contributed by atoms with Crippen molar-refractivity contribution >= 4 is 16.9 Å². The van der Waals surface area contributed by atoms with Crippen molar-refractivity contribution in [2.45, 2.75) is 39.7 Å². The van der Waals surface area contributed by atoms with Crippen LogP contribution in [0.15, 0.2) is 63.8 Å². The molecule has 7 heteroatoms. The second-order valence-electron chi connectivity index (χ2n) is 9.89. The highest BCUT2D eigenvalue weighted by atomic mass is 16.5. The number of carbonyl (C=O) groups excluding carboxylic acids is 1. The summed E-state index contributed by atoms with van der Waals surface area (Å²) < 4.78 is 22.9. The van der Waals surface area contributed by atoms with Crippen LogP contribution in [0, 0.1) is 13.8 Å². The lowest BCUT2D eigenvalue weighted by atomic mass is 9.96. The van der Waals surface area contributed by atoms with E-state index in [1.807, 2.05) is 75.4 Å². The predicted molar refractivity (Wildman–Crippen MR) is 150 cm³/mol. The number of rotatable bonds is 9. The maximum Gasteiger partial charge on any atom is 0.290 e. The largest absolute Gasteiger partial charge is 0.494 e. The Labute approximate surface area is 227 Å². The lowest BCUT2D eigenvalue weighted by molar-refractivity contribution is 0.0729. The van der Waals surface area contributed by atoms with E-state index in [9.17, 15) is 9.59 Å². The lowest BCUT2D eigenvalue weighted by Crippen LogP contribution is -2.31. The Morgan fingerprint density at radius 1 is 0.949 bits per heavy atom. The van der Waals surface area contributed by atoms with Crippen LogP contribution >= 0.6 is 0 Å². The zero-order valence-electron chi connectivity index (χ0n) is 23.0. The summed E-state index contributed by atoms with van der Waals surface area (Å²) in [6.07, 6.45) is 1.43. The molecule has 0 saturated heterocycles. The average molecular weight is 528 g/mol. The molecule has 3 aromatic carbocycles. The molecule has 0 saturated carbocycles. The van der Waals surface area contributed by atoms with E-state index in [0.29, 0.717) is 53.4 Å². The molecule has 1 aromatic heterocycles. The molecule has 0 radical (unpaired) electrons. The van der Waals surface area contributed by atoms with Crippen LogP contribution in [0.25, 0.3) is 11.0 Å². The minimum Gasteiger partial charge on any atom is -0.494 e. The Hall–Kier alpha value is -4.26. The highest BCUT2D eigenvalue weighted by Gasteiger charge is 2.42. The zero-order chi connectivity index (χ0) is 27.7.